The lowest BCUT2D eigenvalue weighted by Gasteiger charge is -2.48. The third-order valence-electron chi connectivity index (χ3n) is 5.91. The van der Waals surface area contributed by atoms with E-state index in [4.69, 9.17) is 0 Å². The molecule has 1 N–H and O–H groups in total. The molecule has 118 valence electrons. The monoisotopic (exact) mass is 281 g/mol. The molecule has 1 heterocycles. The predicted octanol–water partition coefficient (Wildman–Crippen LogP) is 2.28. The lowest BCUT2D eigenvalue weighted by molar-refractivity contribution is 0.0142. The van der Waals surface area contributed by atoms with Gasteiger partial charge in [0, 0.05) is 37.8 Å². The summed E-state index contributed by atoms with van der Waals surface area (Å²) in [5.41, 5.74) is 0.318. The summed E-state index contributed by atoms with van der Waals surface area (Å²) in [5, 5.41) is 3.60. The van der Waals surface area contributed by atoms with Crippen molar-refractivity contribution in [2.24, 2.45) is 17.8 Å². The Morgan fingerprint density at radius 2 is 1.85 bits per heavy atom. The second-order valence-electron chi connectivity index (χ2n) is 8.08. The molecule has 2 aliphatic rings. The van der Waals surface area contributed by atoms with Crippen molar-refractivity contribution in [3.05, 3.63) is 0 Å². The first kappa shape index (κ1) is 16.3. The summed E-state index contributed by atoms with van der Waals surface area (Å²) in [6, 6.07) is 0.705. The molecule has 4 atom stereocenters. The molecule has 0 radical (unpaired) electrons. The Balaban J connectivity index is 1.97. The molecular formula is C17H35N3. The molecule has 0 bridgehead atoms. The summed E-state index contributed by atoms with van der Waals surface area (Å²) in [6.07, 6.45) is 2.75. The van der Waals surface area contributed by atoms with E-state index in [0.717, 1.165) is 17.8 Å². The average molecular weight is 281 g/mol. The SMILES string of the molecule is CNC1CC(C)CC(C)C1CN1CCN(C)C(C)(C)C1. The fourth-order valence-corrected chi connectivity index (χ4v) is 4.34. The fourth-order valence-electron chi connectivity index (χ4n) is 4.34. The van der Waals surface area contributed by atoms with Crippen LogP contribution in [0, 0.1) is 17.8 Å². The Hall–Kier alpha value is -0.120. The van der Waals surface area contributed by atoms with Gasteiger partial charge >= 0.3 is 0 Å². The Kier molecular flexibility index (Phi) is 5.14. The van der Waals surface area contributed by atoms with Crippen molar-refractivity contribution in [1.29, 1.82) is 0 Å². The highest BCUT2D eigenvalue weighted by Gasteiger charge is 2.37. The van der Waals surface area contributed by atoms with Crippen LogP contribution >= 0.6 is 0 Å². The van der Waals surface area contributed by atoms with Crippen molar-refractivity contribution in [3.8, 4) is 0 Å². The van der Waals surface area contributed by atoms with Gasteiger partial charge in [-0.15, -0.1) is 0 Å². The first-order valence-electron chi connectivity index (χ1n) is 8.44. The minimum absolute atomic E-state index is 0.318. The molecule has 20 heavy (non-hydrogen) atoms. The summed E-state index contributed by atoms with van der Waals surface area (Å²) in [6.45, 7) is 14.5. The highest BCUT2D eigenvalue weighted by molar-refractivity contribution is 4.93. The van der Waals surface area contributed by atoms with Crippen molar-refractivity contribution in [1.82, 2.24) is 15.1 Å². The second-order valence-corrected chi connectivity index (χ2v) is 8.08. The Labute approximate surface area is 126 Å². The highest BCUT2D eigenvalue weighted by Crippen LogP contribution is 2.35. The van der Waals surface area contributed by atoms with Crippen LogP contribution in [0.15, 0.2) is 0 Å². The van der Waals surface area contributed by atoms with E-state index in [1.54, 1.807) is 0 Å². The molecule has 4 unspecified atom stereocenters. The normalized spacial score (nSPS) is 39.9. The largest absolute Gasteiger partial charge is 0.317 e. The van der Waals surface area contributed by atoms with E-state index >= 15 is 0 Å². The molecule has 0 amide bonds. The van der Waals surface area contributed by atoms with E-state index in [1.165, 1.54) is 39.0 Å². The van der Waals surface area contributed by atoms with Gasteiger partial charge in [0.1, 0.15) is 0 Å². The van der Waals surface area contributed by atoms with Gasteiger partial charge in [0.05, 0.1) is 0 Å². The lowest BCUT2D eigenvalue weighted by atomic mass is 9.72. The molecule has 1 aliphatic heterocycles. The van der Waals surface area contributed by atoms with E-state index < -0.39 is 0 Å². The van der Waals surface area contributed by atoms with Crippen molar-refractivity contribution in [2.75, 3.05) is 40.3 Å². The van der Waals surface area contributed by atoms with Crippen LogP contribution in [0.2, 0.25) is 0 Å². The van der Waals surface area contributed by atoms with Crippen molar-refractivity contribution in [3.63, 3.8) is 0 Å². The Morgan fingerprint density at radius 3 is 2.45 bits per heavy atom. The van der Waals surface area contributed by atoms with E-state index in [1.807, 2.05) is 0 Å². The van der Waals surface area contributed by atoms with Crippen LogP contribution in [0.1, 0.15) is 40.5 Å². The van der Waals surface area contributed by atoms with Gasteiger partial charge in [-0.1, -0.05) is 13.8 Å². The predicted molar refractivity (Wildman–Crippen MR) is 87.0 cm³/mol. The van der Waals surface area contributed by atoms with Gasteiger partial charge in [-0.25, -0.2) is 0 Å². The third kappa shape index (κ3) is 3.55. The van der Waals surface area contributed by atoms with E-state index in [-0.39, 0.29) is 0 Å². The molecule has 0 aromatic carbocycles. The first-order valence-corrected chi connectivity index (χ1v) is 8.44. The number of piperazine rings is 1. The van der Waals surface area contributed by atoms with E-state index in [0.29, 0.717) is 11.6 Å². The standard InChI is InChI=1S/C17H35N3/c1-13-9-14(2)15(16(10-13)18-5)11-20-8-7-19(6)17(3,4)12-20/h13-16,18H,7-12H2,1-6H3. The smallest absolute Gasteiger partial charge is 0.0277 e. The maximum atomic E-state index is 3.60. The summed E-state index contributed by atoms with van der Waals surface area (Å²) in [5.74, 6) is 2.54. The summed E-state index contributed by atoms with van der Waals surface area (Å²) in [4.78, 5) is 5.22. The number of rotatable bonds is 3. The molecular weight excluding hydrogens is 246 g/mol. The Morgan fingerprint density at radius 1 is 1.15 bits per heavy atom. The number of nitrogens with zero attached hydrogens (tertiary/aromatic N) is 2. The quantitative estimate of drug-likeness (QED) is 0.856. The van der Waals surface area contributed by atoms with Crippen molar-refractivity contribution < 1.29 is 0 Å². The molecule has 0 aromatic rings. The average Bonchev–Trinajstić information content (AvgIpc) is 2.36. The summed E-state index contributed by atoms with van der Waals surface area (Å²) in [7, 11) is 4.41. The van der Waals surface area contributed by atoms with Gasteiger partial charge in [-0.3, -0.25) is 9.80 Å². The van der Waals surface area contributed by atoms with E-state index in [9.17, 15) is 0 Å². The van der Waals surface area contributed by atoms with Gasteiger partial charge in [0.2, 0.25) is 0 Å². The minimum atomic E-state index is 0.318. The van der Waals surface area contributed by atoms with Gasteiger partial charge in [-0.2, -0.15) is 0 Å². The summed E-state index contributed by atoms with van der Waals surface area (Å²) < 4.78 is 0. The maximum absolute atomic E-state index is 3.60. The highest BCUT2D eigenvalue weighted by atomic mass is 15.3. The van der Waals surface area contributed by atoms with Crippen molar-refractivity contribution >= 4 is 0 Å². The second kappa shape index (κ2) is 6.33. The molecule has 1 saturated heterocycles. The zero-order valence-electron chi connectivity index (χ0n) is 14.4. The topological polar surface area (TPSA) is 18.5 Å². The van der Waals surface area contributed by atoms with Gasteiger partial charge in [-0.05, 0) is 58.5 Å². The van der Waals surface area contributed by atoms with E-state index in [2.05, 4.69) is 56.9 Å². The zero-order chi connectivity index (χ0) is 14.9. The fraction of sp³-hybridized carbons (Fsp3) is 1.00. The van der Waals surface area contributed by atoms with Crippen LogP contribution in [-0.4, -0.2) is 61.7 Å². The number of hydrogen-bond acceptors (Lipinski definition) is 3. The molecule has 0 aromatic heterocycles. The van der Waals surface area contributed by atoms with Crippen molar-refractivity contribution in [2.45, 2.75) is 52.1 Å². The number of hydrogen-bond donors (Lipinski definition) is 1. The molecule has 3 heteroatoms. The minimum Gasteiger partial charge on any atom is -0.317 e. The Bertz CT molecular complexity index is 315. The number of likely N-dealkylation sites (N-methyl/N-ethyl adjacent to an activating group) is 1. The van der Waals surface area contributed by atoms with Gasteiger partial charge in [0.25, 0.3) is 0 Å². The van der Waals surface area contributed by atoms with Crippen LogP contribution in [0.3, 0.4) is 0 Å². The van der Waals surface area contributed by atoms with Crippen LogP contribution in [0.5, 0.6) is 0 Å². The molecule has 2 fully saturated rings. The van der Waals surface area contributed by atoms with Crippen LogP contribution in [-0.2, 0) is 0 Å². The third-order valence-corrected chi connectivity index (χ3v) is 5.91. The molecule has 0 spiro atoms. The van der Waals surface area contributed by atoms with Gasteiger partial charge < -0.3 is 5.32 Å². The zero-order valence-corrected chi connectivity index (χ0v) is 14.4. The lowest BCUT2D eigenvalue weighted by Crippen LogP contribution is -2.59. The van der Waals surface area contributed by atoms with Crippen LogP contribution < -0.4 is 5.32 Å². The van der Waals surface area contributed by atoms with Crippen LogP contribution in [0.4, 0.5) is 0 Å². The summed E-state index contributed by atoms with van der Waals surface area (Å²) >= 11 is 0. The molecule has 3 nitrogen and oxygen atoms in total. The number of nitrogens with one attached hydrogen (secondary N) is 1. The maximum Gasteiger partial charge on any atom is 0.0277 e. The van der Waals surface area contributed by atoms with Gasteiger partial charge in [0.15, 0.2) is 0 Å². The first-order chi connectivity index (χ1) is 9.33. The van der Waals surface area contributed by atoms with Crippen LogP contribution in [0.25, 0.3) is 0 Å². The molecule has 1 saturated carbocycles. The molecule has 1 aliphatic carbocycles. The molecule has 2 rings (SSSR count).